The van der Waals surface area contributed by atoms with E-state index in [0.29, 0.717) is 23.0 Å². The number of nitrogens with one attached hydrogen (secondary N) is 1. The van der Waals surface area contributed by atoms with Crippen molar-refractivity contribution in [2.75, 3.05) is 7.05 Å². The van der Waals surface area contributed by atoms with Gasteiger partial charge in [0.1, 0.15) is 5.60 Å². The van der Waals surface area contributed by atoms with Crippen molar-refractivity contribution in [1.82, 2.24) is 10.2 Å². The third-order valence-corrected chi connectivity index (χ3v) is 6.24. The molecule has 166 valence electrons. The topological polar surface area (TPSA) is 58.6 Å². The third-order valence-electron chi connectivity index (χ3n) is 5.50. The smallest absolute Gasteiger partial charge is 0.410 e. The van der Waals surface area contributed by atoms with E-state index in [1.165, 1.54) is 0 Å². The van der Waals surface area contributed by atoms with Crippen LogP contribution in [0.3, 0.4) is 0 Å². The van der Waals surface area contributed by atoms with E-state index in [1.54, 1.807) is 11.9 Å². The molecule has 1 aliphatic carbocycles. The first-order valence-corrected chi connectivity index (χ1v) is 11.1. The van der Waals surface area contributed by atoms with Gasteiger partial charge in [0.05, 0.1) is 16.1 Å². The highest BCUT2D eigenvalue weighted by atomic mass is 35.5. The maximum Gasteiger partial charge on any atom is 0.410 e. The van der Waals surface area contributed by atoms with Crippen molar-refractivity contribution in [3.8, 4) is 0 Å². The lowest BCUT2D eigenvalue weighted by atomic mass is 9.76. The minimum atomic E-state index is -0.568. The summed E-state index contributed by atoms with van der Waals surface area (Å²) in [6.45, 7) is 6.00. The molecule has 3 rings (SSSR count). The van der Waals surface area contributed by atoms with Crippen LogP contribution in [0.5, 0.6) is 0 Å². The van der Waals surface area contributed by atoms with Crippen molar-refractivity contribution < 1.29 is 14.3 Å². The van der Waals surface area contributed by atoms with Crippen LogP contribution in [0.4, 0.5) is 4.79 Å². The Morgan fingerprint density at radius 3 is 2.52 bits per heavy atom. The summed E-state index contributed by atoms with van der Waals surface area (Å²) in [5.74, 6) is 0.140. The molecule has 2 aromatic rings. The fourth-order valence-corrected chi connectivity index (χ4v) is 4.38. The molecule has 2 amide bonds. The lowest BCUT2D eigenvalue weighted by molar-refractivity contribution is -0.109. The van der Waals surface area contributed by atoms with Crippen molar-refractivity contribution in [1.29, 1.82) is 0 Å². The Morgan fingerprint density at radius 2 is 1.87 bits per heavy atom. The zero-order valence-electron chi connectivity index (χ0n) is 18.2. The number of nitrogens with zero attached hydrogens (tertiary/aromatic N) is 1. The number of halogens is 2. The van der Waals surface area contributed by atoms with Gasteiger partial charge in [0, 0.05) is 19.5 Å². The van der Waals surface area contributed by atoms with E-state index in [0.717, 1.165) is 35.1 Å². The number of rotatable bonds is 5. The summed E-state index contributed by atoms with van der Waals surface area (Å²) in [4.78, 5) is 25.2. The van der Waals surface area contributed by atoms with Gasteiger partial charge in [-0.3, -0.25) is 4.79 Å². The van der Waals surface area contributed by atoms with E-state index in [4.69, 9.17) is 27.9 Å². The van der Waals surface area contributed by atoms with Gasteiger partial charge >= 0.3 is 6.09 Å². The van der Waals surface area contributed by atoms with Crippen LogP contribution in [-0.2, 0) is 16.1 Å². The molecule has 7 heteroatoms. The lowest BCUT2D eigenvalue weighted by Gasteiger charge is -2.38. The predicted molar refractivity (Wildman–Crippen MR) is 124 cm³/mol. The third kappa shape index (κ3) is 5.52. The number of hydrogen-bond acceptors (Lipinski definition) is 3. The van der Waals surface area contributed by atoms with Crippen molar-refractivity contribution in [3.63, 3.8) is 0 Å². The highest BCUT2D eigenvalue weighted by Crippen LogP contribution is 2.44. The van der Waals surface area contributed by atoms with Gasteiger partial charge in [0.2, 0.25) is 6.41 Å². The molecular weight excluding hydrogens is 435 g/mol. The number of ether oxygens (including phenoxy) is 1. The van der Waals surface area contributed by atoms with Gasteiger partial charge in [-0.05, 0) is 68.0 Å². The molecule has 5 nitrogen and oxygen atoms in total. The molecule has 0 saturated carbocycles. The molecular formula is C24H28Cl2N2O3. The summed E-state index contributed by atoms with van der Waals surface area (Å²) < 4.78 is 5.60. The first-order chi connectivity index (χ1) is 14.6. The molecule has 0 fully saturated rings. The minimum absolute atomic E-state index is 0.125. The van der Waals surface area contributed by atoms with Crippen molar-refractivity contribution >= 4 is 35.7 Å². The number of hydrogen-bond donors (Lipinski definition) is 1. The Bertz CT molecular complexity index is 972. The number of fused-ring (bicyclic) bond motifs is 1. The zero-order chi connectivity index (χ0) is 22.8. The lowest BCUT2D eigenvalue weighted by Crippen LogP contribution is -2.38. The second kappa shape index (κ2) is 9.49. The highest BCUT2D eigenvalue weighted by molar-refractivity contribution is 6.42. The molecule has 0 heterocycles. The van der Waals surface area contributed by atoms with Gasteiger partial charge < -0.3 is 15.0 Å². The molecule has 0 saturated heterocycles. The van der Waals surface area contributed by atoms with Crippen LogP contribution in [0.25, 0.3) is 0 Å². The summed E-state index contributed by atoms with van der Waals surface area (Å²) in [6, 6.07) is 11.8. The van der Waals surface area contributed by atoms with Gasteiger partial charge in [-0.25, -0.2) is 4.79 Å². The Labute approximate surface area is 193 Å². The molecule has 31 heavy (non-hydrogen) atoms. The largest absolute Gasteiger partial charge is 0.444 e. The Morgan fingerprint density at radius 1 is 1.13 bits per heavy atom. The van der Waals surface area contributed by atoms with Crippen molar-refractivity contribution in [2.24, 2.45) is 0 Å². The van der Waals surface area contributed by atoms with Crippen LogP contribution in [0.15, 0.2) is 36.4 Å². The molecule has 0 spiro atoms. The molecule has 1 N–H and O–H groups in total. The predicted octanol–water partition coefficient (Wildman–Crippen LogP) is 6.07. The first-order valence-electron chi connectivity index (χ1n) is 10.3. The second-order valence-corrected chi connectivity index (χ2v) is 9.69. The van der Waals surface area contributed by atoms with Gasteiger partial charge in [-0.15, -0.1) is 0 Å². The van der Waals surface area contributed by atoms with Gasteiger partial charge in [-0.2, -0.15) is 0 Å². The van der Waals surface area contributed by atoms with Crippen LogP contribution >= 0.6 is 23.2 Å². The van der Waals surface area contributed by atoms with E-state index in [9.17, 15) is 9.59 Å². The number of carbonyl (C=O) groups excluding carboxylic acids is 2. The number of benzene rings is 2. The molecule has 2 aromatic carbocycles. The maximum absolute atomic E-state index is 12.8. The number of carbonyl (C=O) groups is 2. The number of amides is 2. The summed E-state index contributed by atoms with van der Waals surface area (Å²) >= 11 is 12.4. The summed E-state index contributed by atoms with van der Waals surface area (Å²) in [6.07, 6.45) is 1.96. The summed E-state index contributed by atoms with van der Waals surface area (Å²) in [5.41, 5.74) is 3.69. The average Bonchev–Trinajstić information content (AvgIpc) is 2.71. The summed E-state index contributed by atoms with van der Waals surface area (Å²) in [5, 5.41) is 3.76. The molecule has 0 bridgehead atoms. The van der Waals surface area contributed by atoms with E-state index < -0.39 is 5.60 Å². The van der Waals surface area contributed by atoms with Crippen LogP contribution in [-0.4, -0.2) is 30.1 Å². The van der Waals surface area contributed by atoms with Gasteiger partial charge in [0.15, 0.2) is 0 Å². The molecule has 0 aromatic heterocycles. The fourth-order valence-electron chi connectivity index (χ4n) is 4.07. The molecule has 0 radical (unpaired) electrons. The second-order valence-electron chi connectivity index (χ2n) is 8.87. The minimum Gasteiger partial charge on any atom is -0.444 e. The highest BCUT2D eigenvalue weighted by Gasteiger charge is 2.34. The van der Waals surface area contributed by atoms with Crippen LogP contribution in [0.2, 0.25) is 10.0 Å². The Kier molecular flexibility index (Phi) is 7.17. The van der Waals surface area contributed by atoms with Gasteiger partial charge in [-0.1, -0.05) is 47.5 Å². The van der Waals surface area contributed by atoms with Crippen LogP contribution in [0.1, 0.15) is 67.8 Å². The first kappa shape index (κ1) is 23.4. The average molecular weight is 463 g/mol. The summed E-state index contributed by atoms with van der Waals surface area (Å²) in [7, 11) is 1.78. The monoisotopic (exact) mass is 462 g/mol. The van der Waals surface area contributed by atoms with Gasteiger partial charge in [0.25, 0.3) is 0 Å². The van der Waals surface area contributed by atoms with Crippen LogP contribution < -0.4 is 5.32 Å². The molecule has 2 atom stereocenters. The van der Waals surface area contributed by atoms with Crippen LogP contribution in [0, 0.1) is 0 Å². The quantitative estimate of drug-likeness (QED) is 0.548. The van der Waals surface area contributed by atoms with E-state index in [1.807, 2.05) is 45.0 Å². The molecule has 0 aliphatic heterocycles. The Hall–Kier alpha value is -2.24. The normalized spacial score (nSPS) is 18.1. The maximum atomic E-state index is 12.8. The zero-order valence-corrected chi connectivity index (χ0v) is 19.8. The molecule has 0 unspecified atom stereocenters. The van der Waals surface area contributed by atoms with Crippen molar-refractivity contribution in [3.05, 3.63) is 68.7 Å². The van der Waals surface area contributed by atoms with E-state index in [2.05, 4.69) is 17.4 Å². The standard InChI is InChI=1S/C24H28Cl2N2O3/c1-24(2,3)31-23(30)28(4)22-10-8-17(16-6-9-20(25)21(26)12-16)18-7-5-15(11-19(18)22)13-27-14-29/h5-7,9,11-12,14,17,22H,8,10,13H2,1-4H3,(H,27,29)/t17-,22-/m0/s1. The fraction of sp³-hybridized carbons (Fsp3) is 0.417. The Balaban J connectivity index is 2.00. The van der Waals surface area contributed by atoms with E-state index >= 15 is 0 Å². The molecule has 1 aliphatic rings. The SMILES string of the molecule is CN(C(=O)OC(C)(C)C)[C@H]1CC[C@@H](c2ccc(Cl)c(Cl)c2)c2ccc(CNC=O)cc21. The van der Waals surface area contributed by atoms with E-state index in [-0.39, 0.29) is 18.1 Å². The van der Waals surface area contributed by atoms with Crippen molar-refractivity contribution in [2.45, 2.75) is 57.7 Å².